The lowest BCUT2D eigenvalue weighted by Crippen LogP contribution is -1.85. The van der Waals surface area contributed by atoms with Gasteiger partial charge in [0.25, 0.3) is 0 Å². The maximum Gasteiger partial charge on any atom is 0.118 e. The minimum absolute atomic E-state index is 0.209. The zero-order chi connectivity index (χ0) is 6.57. The highest BCUT2D eigenvalue weighted by molar-refractivity contribution is 14.1. The first-order valence-electron chi connectivity index (χ1n) is 1.94. The van der Waals surface area contributed by atoms with Gasteiger partial charge in [0.15, 0.2) is 0 Å². The van der Waals surface area contributed by atoms with Crippen molar-refractivity contribution >= 4 is 37.9 Å². The molecule has 2 nitrogen and oxygen atoms in total. The van der Waals surface area contributed by atoms with Gasteiger partial charge in [-0.15, -0.1) is 0 Å². The minimum atomic E-state index is 0.209. The average molecular weight is 244 g/mol. The number of halogens is 2. The van der Waals surface area contributed by atoms with Gasteiger partial charge in [0.1, 0.15) is 5.16 Å². The molecule has 0 aromatic rings. The average Bonchev–Trinajstić information content (AvgIpc) is 1.61. The van der Waals surface area contributed by atoms with Gasteiger partial charge in [-0.2, -0.15) is 0 Å². The van der Waals surface area contributed by atoms with Gasteiger partial charge in [-0.1, -0.05) is 11.6 Å². The van der Waals surface area contributed by atoms with E-state index in [1.165, 1.54) is 6.20 Å². The third-order valence-electron chi connectivity index (χ3n) is 0.366. The van der Waals surface area contributed by atoms with E-state index < -0.39 is 0 Å². The van der Waals surface area contributed by atoms with E-state index in [0.717, 1.165) is 3.72 Å². The topological polar surface area (TPSA) is 38.4 Å². The molecule has 0 saturated carbocycles. The van der Waals surface area contributed by atoms with Gasteiger partial charge in [0, 0.05) is 0 Å². The molecule has 0 bridgehead atoms. The van der Waals surface area contributed by atoms with Crippen LogP contribution in [0.3, 0.4) is 0 Å². The number of hydrogen-bond donors (Lipinski definition) is 1. The number of nitrogens with zero attached hydrogens (tertiary/aromatic N) is 1. The standard InChI is InChI=1S/C4H6ClIN2/c1-3(6)8-2-4(5)7/h2H,7H2,1H3/b4-2-,8-3-. The molecule has 0 aliphatic heterocycles. The molecule has 0 rings (SSSR count). The fourth-order valence-electron chi connectivity index (χ4n) is 0.151. The first-order chi connectivity index (χ1) is 3.63. The summed E-state index contributed by atoms with van der Waals surface area (Å²) in [7, 11) is 0. The van der Waals surface area contributed by atoms with Gasteiger partial charge in [-0.3, -0.25) is 4.99 Å². The molecule has 0 aliphatic rings. The van der Waals surface area contributed by atoms with Crippen molar-refractivity contribution in [3.8, 4) is 0 Å². The van der Waals surface area contributed by atoms with Crippen LogP contribution in [0.2, 0.25) is 0 Å². The molecular weight excluding hydrogens is 238 g/mol. The molecule has 0 aromatic carbocycles. The first kappa shape index (κ1) is 8.23. The van der Waals surface area contributed by atoms with Crippen molar-refractivity contribution in [2.24, 2.45) is 10.7 Å². The van der Waals surface area contributed by atoms with Gasteiger partial charge in [-0.05, 0) is 29.5 Å². The summed E-state index contributed by atoms with van der Waals surface area (Å²) in [6.07, 6.45) is 1.41. The molecule has 0 atom stereocenters. The molecule has 0 saturated heterocycles. The molecule has 0 aliphatic carbocycles. The lowest BCUT2D eigenvalue weighted by atomic mass is 10.8. The van der Waals surface area contributed by atoms with Gasteiger partial charge < -0.3 is 5.73 Å². The summed E-state index contributed by atoms with van der Waals surface area (Å²) in [4.78, 5) is 3.81. The van der Waals surface area contributed by atoms with Crippen molar-refractivity contribution in [2.75, 3.05) is 0 Å². The summed E-state index contributed by atoms with van der Waals surface area (Å²) >= 11 is 7.32. The third kappa shape index (κ3) is 6.23. The molecule has 0 heterocycles. The minimum Gasteiger partial charge on any atom is -0.388 e. The van der Waals surface area contributed by atoms with Crippen LogP contribution in [-0.2, 0) is 0 Å². The molecule has 0 unspecified atom stereocenters. The summed E-state index contributed by atoms with van der Waals surface area (Å²) in [5.41, 5.74) is 5.06. The van der Waals surface area contributed by atoms with Crippen molar-refractivity contribution in [3.05, 3.63) is 11.4 Å². The summed E-state index contributed by atoms with van der Waals surface area (Å²) in [5, 5.41) is 0.209. The van der Waals surface area contributed by atoms with Crippen molar-refractivity contribution in [3.63, 3.8) is 0 Å². The second kappa shape index (κ2) is 4.14. The molecular formula is C4H6ClIN2. The van der Waals surface area contributed by atoms with E-state index in [-0.39, 0.29) is 5.16 Å². The normalized spacial score (nSPS) is 14.4. The lowest BCUT2D eigenvalue weighted by molar-refractivity contribution is 1.44. The van der Waals surface area contributed by atoms with E-state index >= 15 is 0 Å². The molecule has 0 spiro atoms. The van der Waals surface area contributed by atoms with Gasteiger partial charge in [0.2, 0.25) is 0 Å². The quantitative estimate of drug-likeness (QED) is 0.427. The first-order valence-corrected chi connectivity index (χ1v) is 3.39. The summed E-state index contributed by atoms with van der Waals surface area (Å²) in [6, 6.07) is 0. The maximum absolute atomic E-state index is 5.25. The smallest absolute Gasteiger partial charge is 0.118 e. The van der Waals surface area contributed by atoms with Crippen LogP contribution in [0.25, 0.3) is 0 Å². The van der Waals surface area contributed by atoms with Crippen LogP contribution in [0.5, 0.6) is 0 Å². The predicted octanol–water partition coefficient (Wildman–Crippen LogP) is 1.84. The molecule has 2 N–H and O–H groups in total. The number of aliphatic imine (C=N–C) groups is 1. The molecule has 0 fully saturated rings. The summed E-state index contributed by atoms with van der Waals surface area (Å²) in [6.45, 7) is 1.86. The van der Waals surface area contributed by atoms with E-state index in [9.17, 15) is 0 Å². The van der Waals surface area contributed by atoms with Crippen LogP contribution < -0.4 is 5.73 Å². The van der Waals surface area contributed by atoms with Gasteiger partial charge >= 0.3 is 0 Å². The van der Waals surface area contributed by atoms with E-state index in [1.54, 1.807) is 0 Å². The second-order valence-electron chi connectivity index (χ2n) is 1.14. The Balaban J connectivity index is 3.76. The Kier molecular flexibility index (Phi) is 4.26. The van der Waals surface area contributed by atoms with Crippen molar-refractivity contribution < 1.29 is 0 Å². The molecule has 0 radical (unpaired) electrons. The third-order valence-corrected chi connectivity index (χ3v) is 0.742. The van der Waals surface area contributed by atoms with Crippen molar-refractivity contribution in [1.29, 1.82) is 0 Å². The molecule has 0 aromatic heterocycles. The van der Waals surface area contributed by atoms with Crippen molar-refractivity contribution in [1.82, 2.24) is 0 Å². The van der Waals surface area contributed by atoms with E-state index in [0.29, 0.717) is 0 Å². The Hall–Kier alpha value is 0.230. The van der Waals surface area contributed by atoms with Crippen LogP contribution in [0.4, 0.5) is 0 Å². The van der Waals surface area contributed by atoms with E-state index in [1.807, 2.05) is 6.92 Å². The Morgan fingerprint density at radius 3 is 2.50 bits per heavy atom. The predicted molar refractivity (Wildman–Crippen MR) is 45.3 cm³/mol. The highest BCUT2D eigenvalue weighted by Gasteiger charge is 1.76. The van der Waals surface area contributed by atoms with E-state index in [4.69, 9.17) is 17.3 Å². The van der Waals surface area contributed by atoms with Gasteiger partial charge in [-0.25, -0.2) is 0 Å². The van der Waals surface area contributed by atoms with Crippen LogP contribution in [0.1, 0.15) is 6.92 Å². The van der Waals surface area contributed by atoms with E-state index in [2.05, 4.69) is 27.6 Å². The van der Waals surface area contributed by atoms with Crippen LogP contribution in [0, 0.1) is 0 Å². The highest BCUT2D eigenvalue weighted by atomic mass is 127. The van der Waals surface area contributed by atoms with Gasteiger partial charge in [0.05, 0.1) is 9.92 Å². The highest BCUT2D eigenvalue weighted by Crippen LogP contribution is 1.93. The Morgan fingerprint density at radius 1 is 1.88 bits per heavy atom. The fourth-order valence-corrected chi connectivity index (χ4v) is 0.339. The Morgan fingerprint density at radius 2 is 2.38 bits per heavy atom. The zero-order valence-corrected chi connectivity index (χ0v) is 7.27. The largest absolute Gasteiger partial charge is 0.388 e. The second-order valence-corrected chi connectivity index (χ2v) is 3.14. The summed E-state index contributed by atoms with van der Waals surface area (Å²) in [5.74, 6) is 0. The number of hydrogen-bond acceptors (Lipinski definition) is 2. The maximum atomic E-state index is 5.25. The number of nitrogens with two attached hydrogens (primary N) is 1. The molecule has 0 amide bonds. The van der Waals surface area contributed by atoms with Crippen LogP contribution in [0.15, 0.2) is 16.3 Å². The SMILES string of the molecule is C/C(I)=N/C=C(\N)Cl. The summed E-state index contributed by atoms with van der Waals surface area (Å²) < 4.78 is 0.909. The van der Waals surface area contributed by atoms with Crippen LogP contribution >= 0.6 is 34.2 Å². The fraction of sp³-hybridized carbons (Fsp3) is 0.250. The molecule has 46 valence electrons. The monoisotopic (exact) mass is 244 g/mol. The Labute approximate surface area is 66.9 Å². The molecule has 4 heteroatoms. The van der Waals surface area contributed by atoms with Crippen LogP contribution in [-0.4, -0.2) is 3.72 Å². The Bertz CT molecular complexity index is 106. The zero-order valence-electron chi connectivity index (χ0n) is 4.36. The number of rotatable bonds is 1. The van der Waals surface area contributed by atoms with Crippen molar-refractivity contribution in [2.45, 2.75) is 6.92 Å². The molecule has 8 heavy (non-hydrogen) atoms. The lowest BCUT2D eigenvalue weighted by Gasteiger charge is -1.81.